The summed E-state index contributed by atoms with van der Waals surface area (Å²) in [5.74, 6) is -0.628. The Bertz CT molecular complexity index is 575. The van der Waals surface area contributed by atoms with E-state index < -0.39 is 6.04 Å². The molecular weight excluding hydrogens is 326 g/mol. The molecule has 1 fully saturated rings. The summed E-state index contributed by atoms with van der Waals surface area (Å²) in [5, 5.41) is 5.16. The van der Waals surface area contributed by atoms with Crippen molar-refractivity contribution in [3.63, 3.8) is 0 Å². The zero-order valence-corrected chi connectivity index (χ0v) is 13.8. The predicted octanol–water partition coefficient (Wildman–Crippen LogP) is 0.797. The van der Waals surface area contributed by atoms with E-state index in [4.69, 9.17) is 11.6 Å². The Kier molecular flexibility index (Phi) is 5.79. The highest BCUT2D eigenvalue weighted by Crippen LogP contribution is 2.21. The van der Waals surface area contributed by atoms with E-state index in [2.05, 4.69) is 10.6 Å². The summed E-state index contributed by atoms with van der Waals surface area (Å²) in [7, 11) is 1.55. The lowest BCUT2D eigenvalue weighted by molar-refractivity contribution is -0.138. The predicted molar refractivity (Wildman–Crippen MR) is 84.8 cm³/mol. The van der Waals surface area contributed by atoms with Gasteiger partial charge in [-0.2, -0.15) is 0 Å². The molecular formula is C14H18ClN3O3S. The summed E-state index contributed by atoms with van der Waals surface area (Å²) in [4.78, 5) is 38.0. The first kappa shape index (κ1) is 16.8. The Morgan fingerprint density at radius 2 is 2.18 bits per heavy atom. The standard InChI is InChI=1S/C14H18ClN3O3S/c1-16-14(21)10-3-2-6-18(10)13(20)8-17-12(19)7-9-4-5-11(15)22-9/h4-5,10H,2-3,6-8H2,1H3,(H,16,21)(H,17,19)/t10-/m0/s1. The highest BCUT2D eigenvalue weighted by molar-refractivity contribution is 7.16. The molecule has 1 aromatic rings. The topological polar surface area (TPSA) is 78.5 Å². The zero-order valence-electron chi connectivity index (χ0n) is 12.2. The van der Waals surface area contributed by atoms with E-state index in [9.17, 15) is 14.4 Å². The summed E-state index contributed by atoms with van der Waals surface area (Å²) in [6, 6.07) is 3.10. The molecule has 1 aliphatic rings. The van der Waals surface area contributed by atoms with Gasteiger partial charge in [-0.25, -0.2) is 0 Å². The van der Waals surface area contributed by atoms with Crippen molar-refractivity contribution in [2.24, 2.45) is 0 Å². The smallest absolute Gasteiger partial charge is 0.242 e. The molecule has 2 rings (SSSR count). The quantitative estimate of drug-likeness (QED) is 0.830. The van der Waals surface area contributed by atoms with Crippen LogP contribution in [0.1, 0.15) is 17.7 Å². The highest BCUT2D eigenvalue weighted by atomic mass is 35.5. The zero-order chi connectivity index (χ0) is 16.1. The Morgan fingerprint density at radius 1 is 1.41 bits per heavy atom. The minimum Gasteiger partial charge on any atom is -0.357 e. The second-order valence-electron chi connectivity index (χ2n) is 5.02. The molecule has 8 heteroatoms. The van der Waals surface area contributed by atoms with Crippen molar-refractivity contribution in [1.29, 1.82) is 0 Å². The molecule has 1 atom stereocenters. The van der Waals surface area contributed by atoms with Gasteiger partial charge in [-0.15, -0.1) is 11.3 Å². The highest BCUT2D eigenvalue weighted by Gasteiger charge is 2.33. The van der Waals surface area contributed by atoms with Crippen LogP contribution in [0.25, 0.3) is 0 Å². The summed E-state index contributed by atoms with van der Waals surface area (Å²) in [5.41, 5.74) is 0. The van der Waals surface area contributed by atoms with E-state index >= 15 is 0 Å². The van der Waals surface area contributed by atoms with Crippen LogP contribution in [0.4, 0.5) is 0 Å². The number of nitrogens with one attached hydrogen (secondary N) is 2. The molecule has 1 aliphatic heterocycles. The number of amides is 3. The molecule has 22 heavy (non-hydrogen) atoms. The van der Waals surface area contributed by atoms with Crippen LogP contribution in [0.2, 0.25) is 4.34 Å². The van der Waals surface area contributed by atoms with Gasteiger partial charge in [0.25, 0.3) is 0 Å². The van der Waals surface area contributed by atoms with Crippen molar-refractivity contribution in [3.05, 3.63) is 21.3 Å². The lowest BCUT2D eigenvalue weighted by atomic mass is 10.2. The van der Waals surface area contributed by atoms with E-state index in [-0.39, 0.29) is 30.7 Å². The number of nitrogens with zero attached hydrogens (tertiary/aromatic N) is 1. The Morgan fingerprint density at radius 3 is 2.82 bits per heavy atom. The van der Waals surface area contributed by atoms with E-state index in [1.54, 1.807) is 19.2 Å². The third kappa shape index (κ3) is 4.20. The number of thiophene rings is 1. The maximum Gasteiger partial charge on any atom is 0.242 e. The van der Waals surface area contributed by atoms with Crippen molar-refractivity contribution in [1.82, 2.24) is 15.5 Å². The van der Waals surface area contributed by atoms with Gasteiger partial charge >= 0.3 is 0 Å². The SMILES string of the molecule is CNC(=O)[C@@H]1CCCN1C(=O)CNC(=O)Cc1ccc(Cl)s1. The van der Waals surface area contributed by atoms with Crippen LogP contribution in [0.5, 0.6) is 0 Å². The fourth-order valence-corrected chi connectivity index (χ4v) is 3.53. The van der Waals surface area contributed by atoms with Gasteiger partial charge in [0.2, 0.25) is 17.7 Å². The molecule has 120 valence electrons. The molecule has 3 amide bonds. The van der Waals surface area contributed by atoms with E-state index in [0.717, 1.165) is 11.3 Å². The van der Waals surface area contributed by atoms with Crippen LogP contribution in [0.15, 0.2) is 12.1 Å². The van der Waals surface area contributed by atoms with Crippen molar-refractivity contribution in [2.75, 3.05) is 20.1 Å². The van der Waals surface area contributed by atoms with Gasteiger partial charge < -0.3 is 15.5 Å². The van der Waals surface area contributed by atoms with Crippen molar-refractivity contribution in [2.45, 2.75) is 25.3 Å². The molecule has 1 aromatic heterocycles. The van der Waals surface area contributed by atoms with Gasteiger partial charge in [0, 0.05) is 18.5 Å². The maximum atomic E-state index is 12.1. The normalized spacial score (nSPS) is 17.4. The molecule has 0 radical (unpaired) electrons. The van der Waals surface area contributed by atoms with Crippen molar-refractivity contribution in [3.8, 4) is 0 Å². The van der Waals surface area contributed by atoms with Crippen LogP contribution in [0.3, 0.4) is 0 Å². The maximum absolute atomic E-state index is 12.1. The third-order valence-corrected chi connectivity index (χ3v) is 4.75. The van der Waals surface area contributed by atoms with E-state index in [0.29, 0.717) is 17.3 Å². The van der Waals surface area contributed by atoms with Gasteiger partial charge in [-0.3, -0.25) is 14.4 Å². The minimum absolute atomic E-state index is 0.0918. The van der Waals surface area contributed by atoms with Gasteiger partial charge in [-0.05, 0) is 25.0 Å². The number of carbonyl (C=O) groups is 3. The Balaban J connectivity index is 1.81. The first-order valence-corrected chi connectivity index (χ1v) is 8.22. The van der Waals surface area contributed by atoms with E-state index in [1.165, 1.54) is 16.2 Å². The summed E-state index contributed by atoms with van der Waals surface area (Å²) in [6.45, 7) is 0.457. The molecule has 2 heterocycles. The van der Waals surface area contributed by atoms with Gasteiger partial charge in [0.15, 0.2) is 0 Å². The summed E-state index contributed by atoms with van der Waals surface area (Å²) in [6.07, 6.45) is 1.65. The Labute approximate surface area is 137 Å². The molecule has 0 aromatic carbocycles. The lowest BCUT2D eigenvalue weighted by Gasteiger charge is -2.23. The van der Waals surface area contributed by atoms with Crippen LogP contribution >= 0.6 is 22.9 Å². The molecule has 2 N–H and O–H groups in total. The number of carbonyl (C=O) groups excluding carboxylic acids is 3. The van der Waals surface area contributed by atoms with E-state index in [1.807, 2.05) is 0 Å². The van der Waals surface area contributed by atoms with Crippen LogP contribution in [0, 0.1) is 0 Å². The molecule has 0 unspecified atom stereocenters. The monoisotopic (exact) mass is 343 g/mol. The van der Waals surface area contributed by atoms with Crippen LogP contribution in [-0.4, -0.2) is 48.8 Å². The first-order valence-electron chi connectivity index (χ1n) is 7.03. The second kappa shape index (κ2) is 7.60. The number of hydrogen-bond acceptors (Lipinski definition) is 4. The molecule has 1 saturated heterocycles. The average Bonchev–Trinajstić information content (AvgIpc) is 3.13. The molecule has 6 nitrogen and oxygen atoms in total. The number of halogens is 1. The first-order chi connectivity index (χ1) is 10.5. The second-order valence-corrected chi connectivity index (χ2v) is 6.82. The fourth-order valence-electron chi connectivity index (χ4n) is 2.45. The third-order valence-electron chi connectivity index (χ3n) is 3.52. The number of hydrogen-bond donors (Lipinski definition) is 2. The lowest BCUT2D eigenvalue weighted by Crippen LogP contribution is -2.48. The summed E-state index contributed by atoms with van der Waals surface area (Å²) >= 11 is 7.14. The number of likely N-dealkylation sites (N-methyl/N-ethyl adjacent to an activating group) is 1. The molecule has 0 saturated carbocycles. The van der Waals surface area contributed by atoms with Gasteiger partial charge in [0.05, 0.1) is 17.3 Å². The van der Waals surface area contributed by atoms with Gasteiger partial charge in [-0.1, -0.05) is 11.6 Å². The largest absolute Gasteiger partial charge is 0.357 e. The number of likely N-dealkylation sites (tertiary alicyclic amines) is 1. The van der Waals surface area contributed by atoms with Gasteiger partial charge in [0.1, 0.15) is 6.04 Å². The Hall–Kier alpha value is -1.60. The average molecular weight is 344 g/mol. The van der Waals surface area contributed by atoms with Crippen LogP contribution in [-0.2, 0) is 20.8 Å². The molecule has 0 bridgehead atoms. The van der Waals surface area contributed by atoms with Crippen LogP contribution < -0.4 is 10.6 Å². The summed E-state index contributed by atoms with van der Waals surface area (Å²) < 4.78 is 0.629. The number of rotatable bonds is 5. The molecule has 0 aliphatic carbocycles. The minimum atomic E-state index is -0.425. The fraction of sp³-hybridized carbons (Fsp3) is 0.500. The molecule has 0 spiro atoms. The van der Waals surface area contributed by atoms with Crippen molar-refractivity contribution < 1.29 is 14.4 Å². The van der Waals surface area contributed by atoms with Crippen molar-refractivity contribution >= 4 is 40.7 Å².